The molecule has 15 heavy (non-hydrogen) atoms. The Balaban J connectivity index is 2.99. The number of aromatic nitrogens is 1. The molecule has 0 amide bonds. The molecule has 0 bridgehead atoms. The van der Waals surface area contributed by atoms with Crippen molar-refractivity contribution >= 4 is 21.2 Å². The Labute approximate surface area is 92.2 Å². The fourth-order valence-corrected chi connectivity index (χ4v) is 3.06. The molecule has 7 heteroatoms. The van der Waals surface area contributed by atoms with Gasteiger partial charge in [-0.15, -0.1) is 11.3 Å². The fourth-order valence-electron chi connectivity index (χ4n) is 1.01. The van der Waals surface area contributed by atoms with E-state index >= 15 is 0 Å². The Morgan fingerprint density at radius 3 is 2.73 bits per heavy atom. The van der Waals surface area contributed by atoms with Gasteiger partial charge in [0, 0.05) is 13.4 Å². The minimum Gasteiger partial charge on any atom is -0.378 e. The third kappa shape index (κ3) is 3.58. The highest BCUT2D eigenvalue weighted by molar-refractivity contribution is 7.90. The van der Waals surface area contributed by atoms with E-state index in [2.05, 4.69) is 4.98 Å². The van der Waals surface area contributed by atoms with Crippen LogP contribution in [0.25, 0.3) is 0 Å². The normalized spacial score (nSPS) is 11.3. The zero-order valence-corrected chi connectivity index (χ0v) is 9.98. The molecule has 0 saturated heterocycles. The van der Waals surface area contributed by atoms with Crippen LogP contribution in [0.3, 0.4) is 0 Å². The summed E-state index contributed by atoms with van der Waals surface area (Å²) in [6.45, 7) is 0.225. The van der Waals surface area contributed by atoms with Crippen LogP contribution in [0.15, 0.2) is 0 Å². The number of nitriles is 1. The van der Waals surface area contributed by atoms with Crippen molar-refractivity contribution in [2.24, 2.45) is 0 Å². The van der Waals surface area contributed by atoms with Crippen molar-refractivity contribution < 1.29 is 13.2 Å². The third-order valence-corrected chi connectivity index (χ3v) is 3.49. The van der Waals surface area contributed by atoms with Crippen LogP contribution < -0.4 is 0 Å². The lowest BCUT2D eigenvalue weighted by Gasteiger charge is -1.93. The fraction of sp³-hybridized carbons (Fsp3) is 0.500. The first kappa shape index (κ1) is 12.1. The highest BCUT2D eigenvalue weighted by Gasteiger charge is 2.14. The van der Waals surface area contributed by atoms with Crippen LogP contribution in [0, 0.1) is 11.3 Å². The maximum atomic E-state index is 11.0. The number of rotatable bonds is 4. The van der Waals surface area contributed by atoms with E-state index in [1.54, 1.807) is 0 Å². The van der Waals surface area contributed by atoms with Crippen LogP contribution in [0.2, 0.25) is 0 Å². The van der Waals surface area contributed by atoms with Crippen molar-refractivity contribution in [1.82, 2.24) is 4.98 Å². The van der Waals surface area contributed by atoms with Crippen molar-refractivity contribution in [3.8, 4) is 6.07 Å². The summed E-state index contributed by atoms with van der Waals surface area (Å²) in [5.41, 5.74) is 0.503. The zero-order valence-electron chi connectivity index (χ0n) is 8.35. The number of hydrogen-bond acceptors (Lipinski definition) is 6. The molecule has 0 unspecified atom stereocenters. The molecule has 0 N–H and O–H groups in total. The van der Waals surface area contributed by atoms with Gasteiger partial charge in [-0.1, -0.05) is 0 Å². The van der Waals surface area contributed by atoms with Crippen molar-refractivity contribution in [2.45, 2.75) is 12.4 Å². The second kappa shape index (κ2) is 4.70. The van der Waals surface area contributed by atoms with E-state index in [1.807, 2.05) is 6.07 Å². The highest BCUT2D eigenvalue weighted by Crippen LogP contribution is 2.20. The second-order valence-corrected chi connectivity index (χ2v) is 6.22. The Bertz CT molecular complexity index is 484. The van der Waals surface area contributed by atoms with Crippen LogP contribution in [0.4, 0.5) is 0 Å². The van der Waals surface area contributed by atoms with Gasteiger partial charge in [-0.3, -0.25) is 0 Å². The smallest absolute Gasteiger partial charge is 0.153 e. The number of methoxy groups -OCH3 is 1. The van der Waals surface area contributed by atoms with E-state index in [1.165, 1.54) is 7.11 Å². The first-order valence-electron chi connectivity index (χ1n) is 4.01. The second-order valence-electron chi connectivity index (χ2n) is 3.00. The minimum atomic E-state index is -3.11. The Morgan fingerprint density at radius 2 is 2.27 bits per heavy atom. The van der Waals surface area contributed by atoms with E-state index in [9.17, 15) is 8.42 Å². The molecule has 0 fully saturated rings. The summed E-state index contributed by atoms with van der Waals surface area (Å²) in [6.07, 6.45) is 1.14. The SMILES string of the molecule is COCc1nc(CS(C)(=O)=O)sc1C#N. The number of thiazole rings is 1. The summed E-state index contributed by atoms with van der Waals surface area (Å²) in [4.78, 5) is 4.46. The molecule has 1 aromatic rings. The molecule has 82 valence electrons. The Morgan fingerprint density at radius 1 is 1.60 bits per heavy atom. The largest absolute Gasteiger partial charge is 0.378 e. The predicted molar refractivity (Wildman–Crippen MR) is 56.1 cm³/mol. The van der Waals surface area contributed by atoms with Gasteiger partial charge in [-0.25, -0.2) is 13.4 Å². The summed E-state index contributed by atoms with van der Waals surface area (Å²) < 4.78 is 26.9. The van der Waals surface area contributed by atoms with Crippen LogP contribution >= 0.6 is 11.3 Å². The maximum absolute atomic E-state index is 11.0. The third-order valence-electron chi connectivity index (χ3n) is 1.51. The molecule has 1 aromatic heterocycles. The van der Waals surface area contributed by atoms with Crippen molar-refractivity contribution in [2.75, 3.05) is 13.4 Å². The quantitative estimate of drug-likeness (QED) is 0.781. The van der Waals surface area contributed by atoms with Crippen molar-refractivity contribution in [1.29, 1.82) is 5.26 Å². The van der Waals surface area contributed by atoms with E-state index in [0.717, 1.165) is 17.6 Å². The van der Waals surface area contributed by atoms with Crippen molar-refractivity contribution in [3.05, 3.63) is 15.6 Å². The lowest BCUT2D eigenvalue weighted by atomic mass is 10.4. The summed E-state index contributed by atoms with van der Waals surface area (Å²) in [6, 6.07) is 1.97. The maximum Gasteiger partial charge on any atom is 0.153 e. The zero-order chi connectivity index (χ0) is 11.5. The standard InChI is InChI=1S/C8H10N2O3S2/c1-13-4-6-7(3-9)14-8(10-6)5-15(2,11)12/h4-5H2,1-2H3. The minimum absolute atomic E-state index is 0.129. The van der Waals surface area contributed by atoms with Gasteiger partial charge in [0.15, 0.2) is 9.84 Å². The first-order chi connectivity index (χ1) is 6.96. The molecule has 5 nitrogen and oxygen atoms in total. The molecule has 0 spiro atoms. The van der Waals surface area contributed by atoms with Gasteiger partial charge in [0.1, 0.15) is 21.7 Å². The molecular weight excluding hydrogens is 236 g/mol. The van der Waals surface area contributed by atoms with Gasteiger partial charge in [0.25, 0.3) is 0 Å². The van der Waals surface area contributed by atoms with Gasteiger partial charge in [-0.05, 0) is 0 Å². The van der Waals surface area contributed by atoms with Crippen LogP contribution in [0.5, 0.6) is 0 Å². The molecule has 0 aliphatic carbocycles. The summed E-state index contributed by atoms with van der Waals surface area (Å²) in [7, 11) is -1.61. The number of sulfone groups is 1. The average molecular weight is 246 g/mol. The Hall–Kier alpha value is -0.970. The molecule has 0 aliphatic rings. The van der Waals surface area contributed by atoms with Gasteiger partial charge in [0.05, 0.1) is 12.3 Å². The van der Waals surface area contributed by atoms with Gasteiger partial charge < -0.3 is 4.74 Å². The molecule has 0 aliphatic heterocycles. The molecule has 0 saturated carbocycles. The van der Waals surface area contributed by atoms with Gasteiger partial charge in [-0.2, -0.15) is 5.26 Å². The Kier molecular flexibility index (Phi) is 3.79. The average Bonchev–Trinajstić information content (AvgIpc) is 2.45. The molecule has 0 atom stereocenters. The van der Waals surface area contributed by atoms with E-state index in [0.29, 0.717) is 15.6 Å². The van der Waals surface area contributed by atoms with Crippen LogP contribution in [-0.2, 0) is 26.9 Å². The molecule has 1 rings (SSSR count). The summed E-state index contributed by atoms with van der Waals surface area (Å²) in [5.74, 6) is -0.129. The van der Waals surface area contributed by atoms with Gasteiger partial charge >= 0.3 is 0 Å². The van der Waals surface area contributed by atoms with E-state index in [4.69, 9.17) is 10.00 Å². The first-order valence-corrected chi connectivity index (χ1v) is 6.89. The van der Waals surface area contributed by atoms with E-state index in [-0.39, 0.29) is 12.4 Å². The number of nitrogens with zero attached hydrogens (tertiary/aromatic N) is 2. The van der Waals surface area contributed by atoms with Crippen LogP contribution in [0.1, 0.15) is 15.6 Å². The lowest BCUT2D eigenvalue weighted by Crippen LogP contribution is -2.00. The predicted octanol–water partition coefficient (Wildman–Crippen LogP) is 0.706. The van der Waals surface area contributed by atoms with Crippen LogP contribution in [-0.4, -0.2) is 26.8 Å². The number of hydrogen-bond donors (Lipinski definition) is 0. The molecule has 0 radical (unpaired) electrons. The monoisotopic (exact) mass is 246 g/mol. The topological polar surface area (TPSA) is 80.0 Å². The molecular formula is C8H10N2O3S2. The summed E-state index contributed by atoms with van der Waals surface area (Å²) >= 11 is 1.09. The van der Waals surface area contributed by atoms with Crippen molar-refractivity contribution in [3.63, 3.8) is 0 Å². The molecule has 0 aromatic carbocycles. The lowest BCUT2D eigenvalue weighted by molar-refractivity contribution is 0.181. The highest BCUT2D eigenvalue weighted by atomic mass is 32.2. The van der Waals surface area contributed by atoms with E-state index < -0.39 is 9.84 Å². The number of ether oxygens (including phenoxy) is 1. The molecule has 1 heterocycles. The van der Waals surface area contributed by atoms with Gasteiger partial charge in [0.2, 0.25) is 0 Å². The summed E-state index contributed by atoms with van der Waals surface area (Å²) in [5, 5.41) is 9.20.